The molecule has 0 aromatic heterocycles. The molecule has 6 aromatic rings. The third-order valence-corrected chi connectivity index (χ3v) is 12.9. The van der Waals surface area contributed by atoms with Crippen LogP contribution in [0, 0.1) is 0 Å². The van der Waals surface area contributed by atoms with Crippen LogP contribution in [0.5, 0.6) is 34.5 Å². The molecule has 0 saturated heterocycles. The highest BCUT2D eigenvalue weighted by atomic mass is 16.5. The van der Waals surface area contributed by atoms with Crippen molar-refractivity contribution in [1.29, 1.82) is 0 Å². The van der Waals surface area contributed by atoms with Gasteiger partial charge in [-0.3, -0.25) is 0 Å². The molecule has 0 amide bonds. The van der Waals surface area contributed by atoms with Crippen molar-refractivity contribution in [3.63, 3.8) is 0 Å². The van der Waals surface area contributed by atoms with Gasteiger partial charge in [-0.1, -0.05) is 140 Å². The van der Waals surface area contributed by atoms with Crippen LogP contribution in [0.1, 0.15) is 138 Å². The second-order valence-electron chi connectivity index (χ2n) is 17.7. The summed E-state index contributed by atoms with van der Waals surface area (Å²) in [7, 11) is 0. The topological polar surface area (TPSA) is 55.4 Å². The van der Waals surface area contributed by atoms with Crippen LogP contribution in [-0.4, -0.2) is 26.4 Å². The van der Waals surface area contributed by atoms with Gasteiger partial charge in [-0.2, -0.15) is 0 Å². The molecule has 0 saturated carbocycles. The summed E-state index contributed by atoms with van der Waals surface area (Å²) in [5.41, 5.74) is 4.30. The fourth-order valence-corrected chi connectivity index (χ4v) is 9.08. The third kappa shape index (κ3) is 10.4. The quantitative estimate of drug-likeness (QED) is 0.0565. The summed E-state index contributed by atoms with van der Waals surface area (Å²) >= 11 is 0. The first kappa shape index (κ1) is 46.4. The summed E-state index contributed by atoms with van der Waals surface area (Å²) in [6, 6.07) is 42.1. The van der Waals surface area contributed by atoms with E-state index in [4.69, 9.17) is 28.4 Å². The SMILES string of the molecule is CCCCCOc1ccc(C2(c3ccc(OCCCCC)cc3)C=Cc3c(ccc4ccc5c(c34)C=CC(c3ccc(OCCCCC)cc3)(c3ccc(OCCCCC)cc3)O5)O2)cc1. The van der Waals surface area contributed by atoms with Gasteiger partial charge in [-0.15, -0.1) is 0 Å². The Bertz CT molecular complexity index is 2230. The van der Waals surface area contributed by atoms with E-state index in [9.17, 15) is 0 Å². The Morgan fingerprint density at radius 2 is 0.636 bits per heavy atom. The first-order valence-corrected chi connectivity index (χ1v) is 24.8. The summed E-state index contributed by atoms with van der Waals surface area (Å²) in [6.45, 7) is 11.7. The molecule has 2 heterocycles. The summed E-state index contributed by atoms with van der Waals surface area (Å²) in [4.78, 5) is 0. The maximum atomic E-state index is 7.32. The molecule has 0 bridgehead atoms. The number of ether oxygens (including phenoxy) is 6. The molecule has 0 radical (unpaired) electrons. The lowest BCUT2D eigenvalue weighted by Gasteiger charge is -2.38. The van der Waals surface area contributed by atoms with Crippen LogP contribution in [-0.2, 0) is 11.2 Å². The highest BCUT2D eigenvalue weighted by Crippen LogP contribution is 2.49. The summed E-state index contributed by atoms with van der Waals surface area (Å²) in [5, 5.41) is 2.19. The zero-order valence-electron chi connectivity index (χ0n) is 39.6. The van der Waals surface area contributed by atoms with Crippen molar-refractivity contribution in [2.24, 2.45) is 0 Å². The molecule has 6 nitrogen and oxygen atoms in total. The van der Waals surface area contributed by atoms with E-state index in [2.05, 4.69) is 173 Å². The van der Waals surface area contributed by atoms with Crippen LogP contribution in [0.15, 0.2) is 133 Å². The number of hydrogen-bond donors (Lipinski definition) is 0. The largest absolute Gasteiger partial charge is 0.494 e. The van der Waals surface area contributed by atoms with Crippen LogP contribution < -0.4 is 28.4 Å². The molecule has 8 rings (SSSR count). The van der Waals surface area contributed by atoms with E-state index in [0.717, 1.165) is 156 Å². The molecular formula is C60H68O6. The molecule has 0 unspecified atom stereocenters. The zero-order chi connectivity index (χ0) is 45.6. The van der Waals surface area contributed by atoms with Gasteiger partial charge in [0.05, 0.1) is 26.4 Å². The normalized spacial score (nSPS) is 14.2. The highest BCUT2D eigenvalue weighted by Gasteiger charge is 2.40. The Labute approximate surface area is 393 Å². The van der Waals surface area contributed by atoms with Gasteiger partial charge in [0.25, 0.3) is 0 Å². The highest BCUT2D eigenvalue weighted by molar-refractivity contribution is 6.02. The predicted octanol–water partition coefficient (Wildman–Crippen LogP) is 15.8. The van der Waals surface area contributed by atoms with Gasteiger partial charge in [-0.05, 0) is 116 Å². The first-order chi connectivity index (χ1) is 32.5. The fourth-order valence-electron chi connectivity index (χ4n) is 9.08. The van der Waals surface area contributed by atoms with Crippen molar-refractivity contribution in [2.45, 2.75) is 116 Å². The smallest absolute Gasteiger partial charge is 0.178 e. The van der Waals surface area contributed by atoms with Gasteiger partial charge < -0.3 is 28.4 Å². The Balaban J connectivity index is 1.15. The number of benzene rings is 6. The summed E-state index contributed by atoms with van der Waals surface area (Å²) in [5.74, 6) is 5.04. The second-order valence-corrected chi connectivity index (χ2v) is 17.7. The number of rotatable bonds is 24. The van der Waals surface area contributed by atoms with Crippen molar-refractivity contribution < 1.29 is 28.4 Å². The Kier molecular flexibility index (Phi) is 15.7. The monoisotopic (exact) mass is 885 g/mol. The molecule has 2 aliphatic heterocycles. The van der Waals surface area contributed by atoms with Crippen molar-refractivity contribution >= 4 is 22.9 Å². The number of unbranched alkanes of at least 4 members (excludes halogenated alkanes) is 8. The molecule has 66 heavy (non-hydrogen) atoms. The minimum atomic E-state index is -0.893. The van der Waals surface area contributed by atoms with Crippen LogP contribution in [0.3, 0.4) is 0 Å². The van der Waals surface area contributed by atoms with E-state index in [1.165, 1.54) is 0 Å². The van der Waals surface area contributed by atoms with E-state index in [-0.39, 0.29) is 0 Å². The van der Waals surface area contributed by atoms with E-state index >= 15 is 0 Å². The van der Waals surface area contributed by atoms with Crippen LogP contribution in [0.2, 0.25) is 0 Å². The van der Waals surface area contributed by atoms with Crippen LogP contribution in [0.4, 0.5) is 0 Å². The van der Waals surface area contributed by atoms with E-state index in [1.54, 1.807) is 0 Å². The van der Waals surface area contributed by atoms with Gasteiger partial charge in [0, 0.05) is 38.8 Å². The maximum Gasteiger partial charge on any atom is 0.178 e. The molecular weight excluding hydrogens is 817 g/mol. The number of hydrogen-bond acceptors (Lipinski definition) is 6. The summed E-state index contributed by atoms with van der Waals surface area (Å²) < 4.78 is 39.2. The molecule has 0 N–H and O–H groups in total. The fraction of sp³-hybridized carbons (Fsp3) is 0.367. The third-order valence-electron chi connectivity index (χ3n) is 12.9. The minimum absolute atomic E-state index is 0.708. The molecule has 6 aromatic carbocycles. The minimum Gasteiger partial charge on any atom is -0.494 e. The van der Waals surface area contributed by atoms with Crippen LogP contribution in [0.25, 0.3) is 22.9 Å². The average Bonchev–Trinajstić information content (AvgIpc) is 3.37. The molecule has 2 aliphatic rings. The zero-order valence-corrected chi connectivity index (χ0v) is 39.6. The molecule has 0 aliphatic carbocycles. The van der Waals surface area contributed by atoms with Gasteiger partial charge in [0.15, 0.2) is 11.2 Å². The van der Waals surface area contributed by atoms with Gasteiger partial charge in [-0.25, -0.2) is 0 Å². The maximum absolute atomic E-state index is 7.32. The van der Waals surface area contributed by atoms with Gasteiger partial charge in [0.1, 0.15) is 34.5 Å². The lowest BCUT2D eigenvalue weighted by molar-refractivity contribution is 0.160. The lowest BCUT2D eigenvalue weighted by Crippen LogP contribution is -2.35. The molecule has 344 valence electrons. The van der Waals surface area contributed by atoms with Gasteiger partial charge in [0.2, 0.25) is 0 Å². The van der Waals surface area contributed by atoms with Crippen LogP contribution >= 0.6 is 0 Å². The van der Waals surface area contributed by atoms with E-state index in [0.29, 0.717) is 26.4 Å². The lowest BCUT2D eigenvalue weighted by atomic mass is 9.81. The predicted molar refractivity (Wildman–Crippen MR) is 271 cm³/mol. The Morgan fingerprint density at radius 1 is 0.348 bits per heavy atom. The van der Waals surface area contributed by atoms with Crippen molar-refractivity contribution in [3.8, 4) is 34.5 Å². The number of fused-ring (bicyclic) bond motifs is 5. The average molecular weight is 885 g/mol. The molecule has 0 fully saturated rings. The van der Waals surface area contributed by atoms with E-state index in [1.807, 2.05) is 0 Å². The van der Waals surface area contributed by atoms with Crippen molar-refractivity contribution in [1.82, 2.24) is 0 Å². The van der Waals surface area contributed by atoms with E-state index < -0.39 is 11.2 Å². The Morgan fingerprint density at radius 3 is 0.909 bits per heavy atom. The van der Waals surface area contributed by atoms with Gasteiger partial charge >= 0.3 is 0 Å². The standard InChI is InChI=1S/C60H68O6/c1-5-9-13-41-61-50-27-19-46(20-28-50)59(47-21-29-51(30-22-47)62-42-14-10-6-2)39-37-54-56(65-59)35-17-45-18-36-57-55(58(45)54)38-40-60(66-57,48-23-31-52(32-24-48)63-43-15-11-7-3)49-25-33-53(34-26-49)64-44-16-12-8-4/h17-40H,5-16,41-44H2,1-4H3. The molecule has 0 spiro atoms. The first-order valence-electron chi connectivity index (χ1n) is 24.8. The van der Waals surface area contributed by atoms with Crippen molar-refractivity contribution in [3.05, 3.63) is 167 Å². The Hall–Kier alpha value is -6.14. The van der Waals surface area contributed by atoms with Crippen molar-refractivity contribution in [2.75, 3.05) is 26.4 Å². The molecule has 0 atom stereocenters. The summed E-state index contributed by atoms with van der Waals surface area (Å²) in [6.07, 6.45) is 22.3. The molecule has 6 heteroatoms. The second kappa shape index (κ2) is 22.4.